The molecule has 0 aliphatic heterocycles. The van der Waals surface area contributed by atoms with Crippen LogP contribution in [0, 0.1) is 0 Å². The molecule has 110 valence electrons. The van der Waals surface area contributed by atoms with Crippen molar-refractivity contribution >= 4 is 17.3 Å². The third-order valence-corrected chi connectivity index (χ3v) is 3.16. The number of carbonyl (C=O) groups is 1. The number of para-hydroxylation sites is 1. The molecule has 0 unspecified atom stereocenters. The van der Waals surface area contributed by atoms with Gasteiger partial charge in [-0.1, -0.05) is 6.07 Å². The van der Waals surface area contributed by atoms with Crippen LogP contribution in [0.4, 0.5) is 11.4 Å². The fourth-order valence-corrected chi connectivity index (χ4v) is 2.12. The van der Waals surface area contributed by atoms with Gasteiger partial charge in [-0.15, -0.1) is 0 Å². The molecule has 0 fully saturated rings. The second-order valence-electron chi connectivity index (χ2n) is 4.67. The number of benzene rings is 1. The maximum absolute atomic E-state index is 11.9. The molecule has 0 aliphatic rings. The van der Waals surface area contributed by atoms with Crippen LogP contribution >= 0.6 is 0 Å². The van der Waals surface area contributed by atoms with Crippen molar-refractivity contribution in [2.45, 2.75) is 13.5 Å². The zero-order valence-electron chi connectivity index (χ0n) is 12.2. The Morgan fingerprint density at radius 1 is 1.29 bits per heavy atom. The van der Waals surface area contributed by atoms with Crippen LogP contribution in [0.5, 0.6) is 0 Å². The van der Waals surface area contributed by atoms with Crippen molar-refractivity contribution < 1.29 is 9.53 Å². The first-order valence-electron chi connectivity index (χ1n) is 6.79. The molecule has 1 aromatic carbocycles. The minimum absolute atomic E-state index is 0.329. The lowest BCUT2D eigenvalue weighted by atomic mass is 10.1. The molecular weight excluding hydrogens is 266 g/mol. The molecule has 0 aliphatic carbocycles. The van der Waals surface area contributed by atoms with Gasteiger partial charge in [-0.2, -0.15) is 0 Å². The van der Waals surface area contributed by atoms with Gasteiger partial charge in [0.1, 0.15) is 0 Å². The molecular formula is C16H19N3O2. The summed E-state index contributed by atoms with van der Waals surface area (Å²) in [6, 6.07) is 9.27. The normalized spacial score (nSPS) is 10.2. The zero-order chi connectivity index (χ0) is 15.2. The van der Waals surface area contributed by atoms with Crippen LogP contribution in [-0.2, 0) is 11.3 Å². The van der Waals surface area contributed by atoms with Gasteiger partial charge in [-0.25, -0.2) is 4.79 Å². The summed E-state index contributed by atoms with van der Waals surface area (Å²) in [7, 11) is 1.93. The zero-order valence-corrected chi connectivity index (χ0v) is 12.2. The third kappa shape index (κ3) is 3.51. The molecule has 0 amide bonds. The summed E-state index contributed by atoms with van der Waals surface area (Å²) in [6.07, 6.45) is 3.50. The van der Waals surface area contributed by atoms with Gasteiger partial charge in [0.25, 0.3) is 0 Å². The summed E-state index contributed by atoms with van der Waals surface area (Å²) in [5.41, 5.74) is 8.87. The number of hydrogen-bond donors (Lipinski definition) is 1. The van der Waals surface area contributed by atoms with Gasteiger partial charge in [0, 0.05) is 26.0 Å². The van der Waals surface area contributed by atoms with Gasteiger partial charge in [-0.3, -0.25) is 4.98 Å². The molecule has 0 radical (unpaired) electrons. The Morgan fingerprint density at radius 3 is 2.67 bits per heavy atom. The average molecular weight is 285 g/mol. The largest absolute Gasteiger partial charge is 0.462 e. The van der Waals surface area contributed by atoms with E-state index in [0.29, 0.717) is 24.4 Å². The Bertz CT molecular complexity index is 614. The van der Waals surface area contributed by atoms with Crippen molar-refractivity contribution in [2.24, 2.45) is 0 Å². The lowest BCUT2D eigenvalue weighted by molar-refractivity contribution is 0.0527. The molecule has 5 nitrogen and oxygen atoms in total. The van der Waals surface area contributed by atoms with E-state index >= 15 is 0 Å². The van der Waals surface area contributed by atoms with Crippen LogP contribution in [0.3, 0.4) is 0 Å². The van der Waals surface area contributed by atoms with Crippen molar-refractivity contribution in [3.05, 3.63) is 53.9 Å². The number of nitrogen functional groups attached to an aromatic ring is 1. The second-order valence-corrected chi connectivity index (χ2v) is 4.67. The molecule has 5 heteroatoms. The van der Waals surface area contributed by atoms with E-state index in [9.17, 15) is 4.79 Å². The molecule has 0 saturated carbocycles. The summed E-state index contributed by atoms with van der Waals surface area (Å²) in [4.78, 5) is 17.9. The number of rotatable bonds is 5. The molecule has 21 heavy (non-hydrogen) atoms. The Balaban J connectivity index is 2.23. The molecule has 1 heterocycles. The van der Waals surface area contributed by atoms with E-state index in [1.807, 2.05) is 30.1 Å². The van der Waals surface area contributed by atoms with Crippen molar-refractivity contribution in [1.29, 1.82) is 0 Å². The summed E-state index contributed by atoms with van der Waals surface area (Å²) in [6.45, 7) is 2.78. The molecule has 2 rings (SSSR count). The third-order valence-electron chi connectivity index (χ3n) is 3.16. The van der Waals surface area contributed by atoms with Crippen LogP contribution in [-0.4, -0.2) is 24.6 Å². The Kier molecular flexibility index (Phi) is 4.77. The Morgan fingerprint density at radius 2 is 2.00 bits per heavy atom. The number of anilines is 2. The lowest BCUT2D eigenvalue weighted by Gasteiger charge is -2.22. The molecule has 2 N–H and O–H groups in total. The standard InChI is InChI=1S/C16H19N3O2/c1-3-21-16(20)13-5-4-6-14(15(13)17)19(2)11-12-7-9-18-10-8-12/h4-10H,3,11,17H2,1-2H3. The SMILES string of the molecule is CCOC(=O)c1cccc(N(C)Cc2ccncc2)c1N. The molecule has 0 bridgehead atoms. The number of hydrogen-bond acceptors (Lipinski definition) is 5. The van der Waals surface area contributed by atoms with Crippen LogP contribution in [0.1, 0.15) is 22.8 Å². The van der Waals surface area contributed by atoms with E-state index in [-0.39, 0.29) is 0 Å². The smallest absolute Gasteiger partial charge is 0.340 e. The molecule has 1 aromatic heterocycles. The van der Waals surface area contributed by atoms with Crippen molar-refractivity contribution in [1.82, 2.24) is 4.98 Å². The number of ether oxygens (including phenoxy) is 1. The van der Waals surface area contributed by atoms with E-state index in [0.717, 1.165) is 11.3 Å². The van der Waals surface area contributed by atoms with E-state index in [1.165, 1.54) is 0 Å². The summed E-state index contributed by atoms with van der Waals surface area (Å²) >= 11 is 0. The maximum atomic E-state index is 11.9. The van der Waals surface area contributed by atoms with Gasteiger partial charge in [0.2, 0.25) is 0 Å². The van der Waals surface area contributed by atoms with E-state index in [4.69, 9.17) is 10.5 Å². The number of nitrogens with zero attached hydrogens (tertiary/aromatic N) is 2. The number of aromatic nitrogens is 1. The highest BCUT2D eigenvalue weighted by Crippen LogP contribution is 2.27. The highest BCUT2D eigenvalue weighted by molar-refractivity contribution is 5.98. The topological polar surface area (TPSA) is 68.5 Å². The molecule has 0 spiro atoms. The average Bonchev–Trinajstić information content (AvgIpc) is 2.48. The Labute approximate surface area is 124 Å². The fraction of sp³-hybridized carbons (Fsp3) is 0.250. The van der Waals surface area contributed by atoms with Crippen molar-refractivity contribution in [3.8, 4) is 0 Å². The summed E-state index contributed by atoms with van der Waals surface area (Å²) < 4.78 is 5.02. The van der Waals surface area contributed by atoms with Crippen molar-refractivity contribution in [2.75, 3.05) is 24.3 Å². The first-order valence-corrected chi connectivity index (χ1v) is 6.79. The van der Waals surface area contributed by atoms with E-state index < -0.39 is 5.97 Å². The van der Waals surface area contributed by atoms with Crippen LogP contribution in [0.15, 0.2) is 42.7 Å². The lowest BCUT2D eigenvalue weighted by Crippen LogP contribution is -2.19. The van der Waals surface area contributed by atoms with Crippen molar-refractivity contribution in [3.63, 3.8) is 0 Å². The summed E-state index contributed by atoms with van der Waals surface area (Å²) in [5, 5.41) is 0. The van der Waals surface area contributed by atoms with Crippen LogP contribution in [0.25, 0.3) is 0 Å². The Hall–Kier alpha value is -2.56. The fourth-order valence-electron chi connectivity index (χ4n) is 2.12. The number of carbonyl (C=O) groups excluding carboxylic acids is 1. The molecule has 0 saturated heterocycles. The molecule has 2 aromatic rings. The highest BCUT2D eigenvalue weighted by atomic mass is 16.5. The van der Waals surface area contributed by atoms with Gasteiger partial charge < -0.3 is 15.4 Å². The first-order chi connectivity index (χ1) is 10.1. The van der Waals surface area contributed by atoms with E-state index in [1.54, 1.807) is 31.5 Å². The first kappa shape index (κ1) is 14.8. The summed E-state index contributed by atoms with van der Waals surface area (Å²) in [5.74, 6) is -0.394. The number of pyridine rings is 1. The van der Waals surface area contributed by atoms with Gasteiger partial charge in [-0.05, 0) is 36.8 Å². The highest BCUT2D eigenvalue weighted by Gasteiger charge is 2.15. The van der Waals surface area contributed by atoms with E-state index in [2.05, 4.69) is 4.98 Å². The van der Waals surface area contributed by atoms with Gasteiger partial charge in [0.15, 0.2) is 0 Å². The van der Waals surface area contributed by atoms with Crippen LogP contribution < -0.4 is 10.6 Å². The van der Waals surface area contributed by atoms with Gasteiger partial charge in [0.05, 0.1) is 23.5 Å². The van der Waals surface area contributed by atoms with Gasteiger partial charge >= 0.3 is 5.97 Å². The van der Waals surface area contributed by atoms with Crippen LogP contribution in [0.2, 0.25) is 0 Å². The minimum Gasteiger partial charge on any atom is -0.462 e. The predicted molar refractivity (Wildman–Crippen MR) is 83.2 cm³/mol. The molecule has 0 atom stereocenters. The second kappa shape index (κ2) is 6.74. The number of esters is 1. The predicted octanol–water partition coefficient (Wildman–Crippen LogP) is 2.48. The quantitative estimate of drug-likeness (QED) is 0.675. The minimum atomic E-state index is -0.394. The number of nitrogens with two attached hydrogens (primary N) is 1. The monoisotopic (exact) mass is 285 g/mol. The maximum Gasteiger partial charge on any atom is 0.340 e.